The molecule has 5 nitrogen and oxygen atoms in total. The number of H-pyrrole nitrogens is 1. The van der Waals surface area contributed by atoms with Gasteiger partial charge >= 0.3 is 6.36 Å². The molecule has 102 valence electrons. The topological polar surface area (TPSA) is 76.0 Å². The second-order valence-electron chi connectivity index (χ2n) is 3.69. The molecule has 1 atom stereocenters. The summed E-state index contributed by atoms with van der Waals surface area (Å²) < 4.78 is 40.3. The second-order valence-corrected chi connectivity index (χ2v) is 3.69. The van der Waals surface area contributed by atoms with Crippen molar-refractivity contribution >= 4 is 0 Å². The predicted molar refractivity (Wildman–Crippen MR) is 60.9 cm³/mol. The molecule has 0 saturated heterocycles. The van der Waals surface area contributed by atoms with Gasteiger partial charge < -0.3 is 9.72 Å². The monoisotopic (exact) mass is 272 g/mol. The first-order chi connectivity index (χ1) is 8.99. The standard InChI is InChI=1S/C11H11F3N4O/c12-11(13,14)19-8-3-1-2-7(6-8)9(18-15)10-16-4-5-17-10/h1-6,9,18H,15H2,(H,16,17). The molecule has 1 aromatic heterocycles. The molecule has 0 amide bonds. The number of aromatic amines is 1. The molecule has 0 aliphatic rings. The molecule has 2 rings (SSSR count). The Hall–Kier alpha value is -2.06. The van der Waals surface area contributed by atoms with Crippen molar-refractivity contribution in [3.8, 4) is 5.75 Å². The highest BCUT2D eigenvalue weighted by molar-refractivity contribution is 5.33. The first-order valence-corrected chi connectivity index (χ1v) is 5.31. The van der Waals surface area contributed by atoms with Crippen molar-refractivity contribution in [3.05, 3.63) is 48.0 Å². The normalized spacial score (nSPS) is 13.3. The molecule has 1 aromatic carbocycles. The van der Waals surface area contributed by atoms with Crippen LogP contribution in [0.15, 0.2) is 36.7 Å². The Labute approximate surface area is 106 Å². The minimum atomic E-state index is -4.73. The van der Waals surface area contributed by atoms with E-state index in [-0.39, 0.29) is 5.75 Å². The molecule has 0 aliphatic heterocycles. The number of hydrazine groups is 1. The number of halogens is 3. The molecule has 0 saturated carbocycles. The molecule has 2 aromatic rings. The predicted octanol–water partition coefficient (Wildman–Crippen LogP) is 1.86. The maximum Gasteiger partial charge on any atom is 0.573 e. The molecular formula is C11H11F3N4O. The van der Waals surface area contributed by atoms with Crippen molar-refractivity contribution in [1.29, 1.82) is 0 Å². The summed E-state index contributed by atoms with van der Waals surface area (Å²) in [5, 5.41) is 0. The summed E-state index contributed by atoms with van der Waals surface area (Å²) >= 11 is 0. The summed E-state index contributed by atoms with van der Waals surface area (Å²) in [5.74, 6) is 5.58. The number of hydrogen-bond acceptors (Lipinski definition) is 4. The number of benzene rings is 1. The summed E-state index contributed by atoms with van der Waals surface area (Å²) in [5.41, 5.74) is 2.98. The highest BCUT2D eigenvalue weighted by Crippen LogP contribution is 2.26. The number of nitrogens with zero attached hydrogens (tertiary/aromatic N) is 1. The van der Waals surface area contributed by atoms with Crippen LogP contribution in [0.5, 0.6) is 5.75 Å². The van der Waals surface area contributed by atoms with Gasteiger partial charge in [-0.15, -0.1) is 13.2 Å². The fraction of sp³-hybridized carbons (Fsp3) is 0.182. The van der Waals surface area contributed by atoms with Crippen LogP contribution in [0.2, 0.25) is 0 Å². The van der Waals surface area contributed by atoms with Crippen LogP contribution in [0.4, 0.5) is 13.2 Å². The number of hydrogen-bond donors (Lipinski definition) is 3. The summed E-state index contributed by atoms with van der Waals surface area (Å²) in [6.07, 6.45) is -1.61. The molecule has 1 unspecified atom stereocenters. The van der Waals surface area contributed by atoms with E-state index in [2.05, 4.69) is 20.1 Å². The summed E-state index contributed by atoms with van der Waals surface area (Å²) in [7, 11) is 0. The van der Waals surface area contributed by atoms with E-state index in [1.807, 2.05) is 0 Å². The molecule has 1 heterocycles. The molecule has 0 spiro atoms. The Morgan fingerprint density at radius 2 is 2.16 bits per heavy atom. The van der Waals surface area contributed by atoms with Crippen LogP contribution in [-0.4, -0.2) is 16.3 Å². The van der Waals surface area contributed by atoms with Crippen molar-refractivity contribution in [3.63, 3.8) is 0 Å². The lowest BCUT2D eigenvalue weighted by molar-refractivity contribution is -0.274. The average molecular weight is 272 g/mol. The van der Waals surface area contributed by atoms with Gasteiger partial charge in [0, 0.05) is 12.4 Å². The van der Waals surface area contributed by atoms with Gasteiger partial charge in [-0.2, -0.15) is 0 Å². The van der Waals surface area contributed by atoms with Crippen LogP contribution in [0, 0.1) is 0 Å². The van der Waals surface area contributed by atoms with E-state index >= 15 is 0 Å². The first kappa shape index (κ1) is 13.4. The van der Waals surface area contributed by atoms with E-state index < -0.39 is 12.4 Å². The lowest BCUT2D eigenvalue weighted by Gasteiger charge is -2.15. The van der Waals surface area contributed by atoms with Crippen LogP contribution >= 0.6 is 0 Å². The van der Waals surface area contributed by atoms with Gasteiger partial charge in [0.1, 0.15) is 17.6 Å². The van der Waals surface area contributed by atoms with Gasteiger partial charge in [0.05, 0.1) is 0 Å². The van der Waals surface area contributed by atoms with Crippen LogP contribution < -0.4 is 16.0 Å². The van der Waals surface area contributed by atoms with Gasteiger partial charge in [-0.05, 0) is 17.7 Å². The highest BCUT2D eigenvalue weighted by Gasteiger charge is 2.31. The fourth-order valence-electron chi connectivity index (χ4n) is 1.66. The summed E-state index contributed by atoms with van der Waals surface area (Å²) in [4.78, 5) is 6.84. The lowest BCUT2D eigenvalue weighted by atomic mass is 10.1. The van der Waals surface area contributed by atoms with E-state index in [9.17, 15) is 13.2 Å². The first-order valence-electron chi connectivity index (χ1n) is 5.31. The third-order valence-corrected chi connectivity index (χ3v) is 2.38. The Morgan fingerprint density at radius 1 is 1.37 bits per heavy atom. The minimum absolute atomic E-state index is 0.309. The van der Waals surface area contributed by atoms with Gasteiger partial charge in [-0.1, -0.05) is 12.1 Å². The molecule has 0 fully saturated rings. The SMILES string of the molecule is NNC(c1cccc(OC(F)(F)F)c1)c1ncc[nH]1. The van der Waals surface area contributed by atoms with Crippen LogP contribution in [-0.2, 0) is 0 Å². The Bertz CT molecular complexity index is 527. The Morgan fingerprint density at radius 3 is 2.74 bits per heavy atom. The molecule has 0 bridgehead atoms. The quantitative estimate of drug-likeness (QED) is 0.586. The smallest absolute Gasteiger partial charge is 0.406 e. The number of imidazole rings is 1. The van der Waals surface area contributed by atoms with Crippen molar-refractivity contribution in [2.75, 3.05) is 0 Å². The number of nitrogens with one attached hydrogen (secondary N) is 2. The average Bonchev–Trinajstić information content (AvgIpc) is 2.82. The van der Waals surface area contributed by atoms with E-state index in [1.165, 1.54) is 24.4 Å². The Balaban J connectivity index is 2.27. The van der Waals surface area contributed by atoms with Crippen molar-refractivity contribution in [1.82, 2.24) is 15.4 Å². The third kappa shape index (κ3) is 3.46. The van der Waals surface area contributed by atoms with Crippen molar-refractivity contribution < 1.29 is 17.9 Å². The van der Waals surface area contributed by atoms with Crippen LogP contribution in [0.1, 0.15) is 17.4 Å². The molecule has 8 heteroatoms. The second kappa shape index (κ2) is 5.29. The number of nitrogens with two attached hydrogens (primary N) is 1. The van der Waals surface area contributed by atoms with Gasteiger partial charge in [0.15, 0.2) is 0 Å². The van der Waals surface area contributed by atoms with E-state index in [1.54, 1.807) is 12.3 Å². The van der Waals surface area contributed by atoms with E-state index in [0.717, 1.165) is 0 Å². The molecule has 0 aliphatic carbocycles. The van der Waals surface area contributed by atoms with E-state index in [0.29, 0.717) is 11.4 Å². The van der Waals surface area contributed by atoms with Crippen molar-refractivity contribution in [2.45, 2.75) is 12.4 Å². The number of alkyl halides is 3. The van der Waals surface area contributed by atoms with Crippen molar-refractivity contribution in [2.24, 2.45) is 5.84 Å². The fourth-order valence-corrected chi connectivity index (χ4v) is 1.66. The van der Waals surface area contributed by atoms with Crippen LogP contribution in [0.3, 0.4) is 0 Å². The van der Waals surface area contributed by atoms with Gasteiger partial charge in [0.2, 0.25) is 0 Å². The largest absolute Gasteiger partial charge is 0.573 e. The Kier molecular flexibility index (Phi) is 3.72. The van der Waals surface area contributed by atoms with Gasteiger partial charge in [-0.3, -0.25) is 5.84 Å². The maximum absolute atomic E-state index is 12.1. The zero-order chi connectivity index (χ0) is 13.9. The number of aromatic nitrogens is 2. The van der Waals surface area contributed by atoms with Gasteiger partial charge in [-0.25, -0.2) is 10.4 Å². The zero-order valence-corrected chi connectivity index (χ0v) is 9.61. The molecule has 4 N–H and O–H groups in total. The lowest BCUT2D eigenvalue weighted by Crippen LogP contribution is -2.29. The minimum Gasteiger partial charge on any atom is -0.406 e. The summed E-state index contributed by atoms with van der Waals surface area (Å²) in [6, 6.07) is 4.99. The highest BCUT2D eigenvalue weighted by atomic mass is 19.4. The van der Waals surface area contributed by atoms with Crippen LogP contribution in [0.25, 0.3) is 0 Å². The summed E-state index contributed by atoms with van der Waals surface area (Å²) in [6.45, 7) is 0. The van der Waals surface area contributed by atoms with Gasteiger partial charge in [0.25, 0.3) is 0 Å². The third-order valence-electron chi connectivity index (χ3n) is 2.38. The zero-order valence-electron chi connectivity index (χ0n) is 9.61. The molecular weight excluding hydrogens is 261 g/mol. The number of rotatable bonds is 4. The molecule has 19 heavy (non-hydrogen) atoms. The number of ether oxygens (including phenoxy) is 1. The van der Waals surface area contributed by atoms with E-state index in [4.69, 9.17) is 5.84 Å². The maximum atomic E-state index is 12.1. The molecule has 0 radical (unpaired) electrons.